The molecule has 0 unspecified atom stereocenters. The first-order valence-electron chi connectivity index (χ1n) is 6.34. The molecule has 0 bridgehead atoms. The highest BCUT2D eigenvalue weighted by Crippen LogP contribution is 2.19. The van der Waals surface area contributed by atoms with Crippen molar-refractivity contribution in [3.63, 3.8) is 0 Å². The van der Waals surface area contributed by atoms with Gasteiger partial charge in [-0.15, -0.1) is 0 Å². The van der Waals surface area contributed by atoms with Crippen LogP contribution in [0, 0.1) is 6.92 Å². The van der Waals surface area contributed by atoms with Crippen LogP contribution in [0.4, 0.5) is 0 Å². The molecule has 0 spiro atoms. The van der Waals surface area contributed by atoms with E-state index in [1.54, 1.807) is 6.92 Å². The highest BCUT2D eigenvalue weighted by Gasteiger charge is 2.20. The molecule has 0 amide bonds. The Morgan fingerprint density at radius 1 is 1.37 bits per heavy atom. The molecule has 1 rings (SSSR count). The minimum atomic E-state index is -0.406. The normalized spacial score (nSPS) is 10.5. The molecule has 4 nitrogen and oxygen atoms in total. The van der Waals surface area contributed by atoms with E-state index in [1.807, 2.05) is 0 Å². The SMILES string of the molecule is CCCCCn1c(Cl)c(C=O)c(C)c(C(C)=O)c1=O. The molecule has 1 aromatic rings. The molecule has 0 saturated heterocycles. The molecule has 0 aliphatic rings. The molecule has 5 heteroatoms. The highest BCUT2D eigenvalue weighted by atomic mass is 35.5. The predicted octanol–water partition coefficient (Wildman–Crippen LogP) is 3.02. The molecule has 0 N–H and O–H groups in total. The Bertz CT molecular complexity index is 561. The molecule has 104 valence electrons. The van der Waals surface area contributed by atoms with E-state index in [4.69, 9.17) is 11.6 Å². The summed E-state index contributed by atoms with van der Waals surface area (Å²) < 4.78 is 1.32. The van der Waals surface area contributed by atoms with Crippen LogP contribution >= 0.6 is 11.6 Å². The fourth-order valence-electron chi connectivity index (χ4n) is 2.09. The lowest BCUT2D eigenvalue weighted by molar-refractivity contribution is 0.101. The maximum atomic E-state index is 12.3. The highest BCUT2D eigenvalue weighted by molar-refractivity contribution is 6.32. The van der Waals surface area contributed by atoms with Gasteiger partial charge in [0.05, 0.1) is 11.1 Å². The van der Waals surface area contributed by atoms with Crippen LogP contribution in [0.2, 0.25) is 5.15 Å². The third-order valence-electron chi connectivity index (χ3n) is 3.15. The van der Waals surface area contributed by atoms with Gasteiger partial charge < -0.3 is 0 Å². The van der Waals surface area contributed by atoms with Crippen LogP contribution in [-0.2, 0) is 6.54 Å². The zero-order valence-electron chi connectivity index (χ0n) is 11.5. The number of unbranched alkanes of at least 4 members (excludes halogenated alkanes) is 2. The lowest BCUT2D eigenvalue weighted by Gasteiger charge is -2.14. The molecular formula is C14H18ClNO3. The molecule has 0 aliphatic heterocycles. The van der Waals surface area contributed by atoms with Crippen molar-refractivity contribution in [1.82, 2.24) is 4.57 Å². The topological polar surface area (TPSA) is 56.1 Å². The van der Waals surface area contributed by atoms with Gasteiger partial charge in [-0.05, 0) is 25.8 Å². The molecule has 0 aliphatic carbocycles. The van der Waals surface area contributed by atoms with Gasteiger partial charge in [0.15, 0.2) is 12.1 Å². The summed E-state index contributed by atoms with van der Waals surface area (Å²) >= 11 is 6.10. The fourth-order valence-corrected chi connectivity index (χ4v) is 2.44. The average molecular weight is 284 g/mol. The van der Waals surface area contributed by atoms with E-state index in [2.05, 4.69) is 6.92 Å². The Labute approximate surface area is 117 Å². The molecule has 0 atom stereocenters. The second-order valence-corrected chi connectivity index (χ2v) is 4.90. The number of ketones is 1. The molecule has 0 fully saturated rings. The summed E-state index contributed by atoms with van der Waals surface area (Å²) in [6.07, 6.45) is 3.36. The van der Waals surface area contributed by atoms with Crippen LogP contribution in [0.5, 0.6) is 0 Å². The summed E-state index contributed by atoms with van der Waals surface area (Å²) in [6, 6.07) is 0. The Morgan fingerprint density at radius 3 is 2.47 bits per heavy atom. The third kappa shape index (κ3) is 3.13. The Morgan fingerprint density at radius 2 is 2.00 bits per heavy atom. The van der Waals surface area contributed by atoms with Crippen LogP contribution in [0.1, 0.15) is 59.4 Å². The number of rotatable bonds is 6. The second-order valence-electron chi connectivity index (χ2n) is 4.54. The van der Waals surface area contributed by atoms with Crippen LogP contribution in [-0.4, -0.2) is 16.6 Å². The van der Waals surface area contributed by atoms with Gasteiger partial charge in [0.1, 0.15) is 5.15 Å². The number of Topliss-reactive ketones (excluding diaryl/α,β-unsaturated/α-hetero) is 1. The summed E-state index contributed by atoms with van der Waals surface area (Å²) in [5.41, 5.74) is 0.243. The summed E-state index contributed by atoms with van der Waals surface area (Å²) in [5.74, 6) is -0.341. The number of carbonyl (C=O) groups excluding carboxylic acids is 2. The lowest BCUT2D eigenvalue weighted by atomic mass is 10.0. The number of hydrogen-bond donors (Lipinski definition) is 0. The lowest BCUT2D eigenvalue weighted by Crippen LogP contribution is -2.29. The molecule has 1 heterocycles. The van der Waals surface area contributed by atoms with Crippen molar-refractivity contribution in [2.24, 2.45) is 0 Å². The number of halogens is 1. The maximum Gasteiger partial charge on any atom is 0.262 e. The molecular weight excluding hydrogens is 266 g/mol. The van der Waals surface area contributed by atoms with Crippen molar-refractivity contribution >= 4 is 23.7 Å². The van der Waals surface area contributed by atoms with Crippen molar-refractivity contribution < 1.29 is 9.59 Å². The van der Waals surface area contributed by atoms with E-state index in [-0.39, 0.29) is 22.1 Å². The largest absolute Gasteiger partial charge is 0.298 e. The first-order valence-corrected chi connectivity index (χ1v) is 6.72. The minimum Gasteiger partial charge on any atom is -0.298 e. The summed E-state index contributed by atoms with van der Waals surface area (Å²) in [4.78, 5) is 34.9. The molecule has 1 aromatic heterocycles. The van der Waals surface area contributed by atoms with E-state index < -0.39 is 5.56 Å². The van der Waals surface area contributed by atoms with Crippen molar-refractivity contribution in [2.45, 2.75) is 46.6 Å². The van der Waals surface area contributed by atoms with Crippen molar-refractivity contribution in [3.8, 4) is 0 Å². The zero-order valence-corrected chi connectivity index (χ0v) is 12.2. The van der Waals surface area contributed by atoms with Gasteiger partial charge in [-0.3, -0.25) is 19.0 Å². The van der Waals surface area contributed by atoms with Gasteiger partial charge in [-0.1, -0.05) is 31.4 Å². The zero-order chi connectivity index (χ0) is 14.6. The second kappa shape index (κ2) is 6.66. The van der Waals surface area contributed by atoms with Crippen molar-refractivity contribution in [1.29, 1.82) is 0 Å². The maximum absolute atomic E-state index is 12.3. The van der Waals surface area contributed by atoms with Crippen molar-refractivity contribution in [3.05, 3.63) is 32.2 Å². The number of carbonyl (C=O) groups is 2. The standard InChI is InChI=1S/C14H18ClNO3/c1-4-5-6-7-16-13(15)11(8-17)9(2)12(10(3)18)14(16)19/h8H,4-7H2,1-3H3. The summed E-state index contributed by atoms with van der Waals surface area (Å²) in [5, 5.41) is 0.124. The van der Waals surface area contributed by atoms with Crippen LogP contribution < -0.4 is 5.56 Å². The number of hydrogen-bond acceptors (Lipinski definition) is 3. The number of nitrogens with zero attached hydrogens (tertiary/aromatic N) is 1. The first kappa shape index (κ1) is 15.6. The third-order valence-corrected chi connectivity index (χ3v) is 3.56. The number of aldehydes is 1. The fraction of sp³-hybridized carbons (Fsp3) is 0.500. The van der Waals surface area contributed by atoms with Crippen LogP contribution in [0.25, 0.3) is 0 Å². The van der Waals surface area contributed by atoms with Crippen LogP contribution in [0.3, 0.4) is 0 Å². The van der Waals surface area contributed by atoms with Gasteiger partial charge in [0.2, 0.25) is 0 Å². The van der Waals surface area contributed by atoms with Gasteiger partial charge >= 0.3 is 0 Å². The predicted molar refractivity (Wildman–Crippen MR) is 75.4 cm³/mol. The van der Waals surface area contributed by atoms with E-state index in [0.29, 0.717) is 18.4 Å². The summed E-state index contributed by atoms with van der Waals surface area (Å²) in [7, 11) is 0. The Hall–Kier alpha value is -1.42. The molecule has 0 saturated carbocycles. The van der Waals surface area contributed by atoms with E-state index in [9.17, 15) is 14.4 Å². The van der Waals surface area contributed by atoms with Gasteiger partial charge in [-0.25, -0.2) is 0 Å². The minimum absolute atomic E-state index is 0.0583. The molecule has 0 aromatic carbocycles. The average Bonchev–Trinajstić information content (AvgIpc) is 2.33. The Kier molecular flexibility index (Phi) is 5.48. The van der Waals surface area contributed by atoms with Crippen molar-refractivity contribution in [2.75, 3.05) is 0 Å². The summed E-state index contributed by atoms with van der Waals surface area (Å²) in [6.45, 7) is 5.37. The van der Waals surface area contributed by atoms with E-state index in [1.165, 1.54) is 11.5 Å². The monoisotopic (exact) mass is 283 g/mol. The van der Waals surface area contributed by atoms with Gasteiger partial charge in [0.25, 0.3) is 5.56 Å². The molecule has 19 heavy (non-hydrogen) atoms. The van der Waals surface area contributed by atoms with Gasteiger partial charge in [0, 0.05) is 6.54 Å². The Balaban J connectivity index is 3.45. The number of aromatic nitrogens is 1. The van der Waals surface area contributed by atoms with Crippen LogP contribution in [0.15, 0.2) is 4.79 Å². The quantitative estimate of drug-likeness (QED) is 0.349. The first-order chi connectivity index (χ1) is 8.95. The van der Waals surface area contributed by atoms with E-state index in [0.717, 1.165) is 19.3 Å². The molecule has 0 radical (unpaired) electrons. The van der Waals surface area contributed by atoms with Gasteiger partial charge in [-0.2, -0.15) is 0 Å². The smallest absolute Gasteiger partial charge is 0.262 e. The van der Waals surface area contributed by atoms with E-state index >= 15 is 0 Å². The number of pyridine rings is 1.